The smallest absolute Gasteiger partial charge is 0.311 e. The number of benzene rings is 1. The van der Waals surface area contributed by atoms with Gasteiger partial charge < -0.3 is 4.74 Å². The third-order valence-corrected chi connectivity index (χ3v) is 5.51. The molecule has 0 aliphatic heterocycles. The molecule has 0 saturated carbocycles. The summed E-state index contributed by atoms with van der Waals surface area (Å²) in [6, 6.07) is 11.9. The molecule has 0 aliphatic rings. The summed E-state index contributed by atoms with van der Waals surface area (Å²) >= 11 is 0. The Bertz CT molecular complexity index is 707. The van der Waals surface area contributed by atoms with Gasteiger partial charge in [-0.15, -0.1) is 0 Å². The first kappa shape index (κ1) is 24.1. The molecule has 2 rings (SSSR count). The van der Waals surface area contributed by atoms with Gasteiger partial charge in [0.05, 0.1) is 5.69 Å². The molecule has 0 fully saturated rings. The van der Waals surface area contributed by atoms with Gasteiger partial charge in [0.25, 0.3) is 0 Å². The number of nitrogens with zero attached hydrogens (tertiary/aromatic N) is 1. The molecule has 0 aliphatic carbocycles. The van der Waals surface area contributed by atoms with Crippen molar-refractivity contribution in [2.45, 2.75) is 97.3 Å². The second-order valence-electron chi connectivity index (χ2n) is 8.23. The summed E-state index contributed by atoms with van der Waals surface area (Å²) in [5.74, 6) is 0.460. The van der Waals surface area contributed by atoms with E-state index in [4.69, 9.17) is 4.74 Å². The first-order chi connectivity index (χ1) is 14.7. The molecule has 1 aromatic carbocycles. The standard InChI is InChI=1S/C27H39NO2/c1-3-5-7-9-10-11-12-14-23-16-21-26(28-22-23)24-17-19-25(20-18-24)30-27(29)15-13-8-6-4-2/h16-22H,3-15H2,1-2H3. The van der Waals surface area contributed by atoms with Crippen LogP contribution in [0.4, 0.5) is 0 Å². The molecular weight excluding hydrogens is 370 g/mol. The monoisotopic (exact) mass is 409 g/mol. The normalized spacial score (nSPS) is 10.9. The van der Waals surface area contributed by atoms with E-state index < -0.39 is 0 Å². The van der Waals surface area contributed by atoms with Crippen LogP contribution in [-0.4, -0.2) is 11.0 Å². The lowest BCUT2D eigenvalue weighted by atomic mass is 10.0. The van der Waals surface area contributed by atoms with Gasteiger partial charge in [-0.3, -0.25) is 9.78 Å². The average Bonchev–Trinajstić information content (AvgIpc) is 2.77. The van der Waals surface area contributed by atoms with Crippen molar-refractivity contribution in [1.82, 2.24) is 4.98 Å². The van der Waals surface area contributed by atoms with Crippen LogP contribution < -0.4 is 4.74 Å². The summed E-state index contributed by atoms with van der Waals surface area (Å²) in [6.45, 7) is 4.43. The molecule has 2 aromatic rings. The number of hydrogen-bond donors (Lipinski definition) is 0. The molecule has 0 unspecified atom stereocenters. The van der Waals surface area contributed by atoms with Crippen LogP contribution in [0.2, 0.25) is 0 Å². The van der Waals surface area contributed by atoms with Crippen LogP contribution in [0.25, 0.3) is 11.3 Å². The van der Waals surface area contributed by atoms with Crippen LogP contribution in [0.3, 0.4) is 0 Å². The molecule has 0 radical (unpaired) electrons. The van der Waals surface area contributed by atoms with E-state index in [2.05, 4.69) is 31.0 Å². The Hall–Kier alpha value is -2.16. The molecule has 0 bridgehead atoms. The third-order valence-electron chi connectivity index (χ3n) is 5.51. The molecule has 0 saturated heterocycles. The molecule has 30 heavy (non-hydrogen) atoms. The summed E-state index contributed by atoms with van der Waals surface area (Å²) in [7, 11) is 0. The number of pyridine rings is 1. The highest BCUT2D eigenvalue weighted by molar-refractivity contribution is 5.72. The van der Waals surface area contributed by atoms with Crippen molar-refractivity contribution in [3.8, 4) is 17.0 Å². The minimum absolute atomic E-state index is 0.147. The van der Waals surface area contributed by atoms with Crippen molar-refractivity contribution < 1.29 is 9.53 Å². The minimum atomic E-state index is -0.147. The number of rotatable bonds is 15. The summed E-state index contributed by atoms with van der Waals surface area (Å²) in [6.07, 6.45) is 17.3. The van der Waals surface area contributed by atoms with Gasteiger partial charge in [-0.1, -0.05) is 77.7 Å². The quantitative estimate of drug-likeness (QED) is 0.170. The van der Waals surface area contributed by atoms with Gasteiger partial charge in [0.15, 0.2) is 0 Å². The second-order valence-corrected chi connectivity index (χ2v) is 8.23. The predicted molar refractivity (Wildman–Crippen MR) is 126 cm³/mol. The van der Waals surface area contributed by atoms with E-state index in [1.54, 1.807) is 0 Å². The van der Waals surface area contributed by atoms with E-state index in [1.165, 1.54) is 63.4 Å². The van der Waals surface area contributed by atoms with Crippen molar-refractivity contribution in [1.29, 1.82) is 0 Å². The number of unbranched alkanes of at least 4 members (excludes halogenated alkanes) is 9. The molecule has 1 heterocycles. The van der Waals surface area contributed by atoms with Crippen molar-refractivity contribution >= 4 is 5.97 Å². The molecule has 0 amide bonds. The largest absolute Gasteiger partial charge is 0.427 e. The maximum atomic E-state index is 11.9. The number of carbonyl (C=O) groups excluding carboxylic acids is 1. The fourth-order valence-corrected chi connectivity index (χ4v) is 3.60. The maximum Gasteiger partial charge on any atom is 0.311 e. The molecule has 1 aromatic heterocycles. The number of aryl methyl sites for hydroxylation is 1. The summed E-state index contributed by atoms with van der Waals surface area (Å²) in [5, 5.41) is 0. The van der Waals surface area contributed by atoms with Crippen molar-refractivity contribution in [2.24, 2.45) is 0 Å². The van der Waals surface area contributed by atoms with Crippen LogP contribution in [0, 0.1) is 0 Å². The predicted octanol–water partition coefficient (Wildman–Crippen LogP) is 7.92. The number of esters is 1. The Balaban J connectivity index is 1.73. The lowest BCUT2D eigenvalue weighted by Gasteiger charge is -2.07. The fraction of sp³-hybridized carbons (Fsp3) is 0.556. The SMILES string of the molecule is CCCCCCCCCc1ccc(-c2ccc(OC(=O)CCCCCC)cc2)nc1. The van der Waals surface area contributed by atoms with Crippen LogP contribution >= 0.6 is 0 Å². The van der Waals surface area contributed by atoms with Crippen molar-refractivity contribution in [3.63, 3.8) is 0 Å². The van der Waals surface area contributed by atoms with E-state index in [9.17, 15) is 4.79 Å². The van der Waals surface area contributed by atoms with E-state index in [-0.39, 0.29) is 5.97 Å². The van der Waals surface area contributed by atoms with Crippen molar-refractivity contribution in [3.05, 3.63) is 48.2 Å². The lowest BCUT2D eigenvalue weighted by Crippen LogP contribution is -2.07. The Kier molecular flexibility index (Phi) is 11.9. The zero-order valence-electron chi connectivity index (χ0n) is 19.0. The lowest BCUT2D eigenvalue weighted by molar-refractivity contribution is -0.134. The first-order valence-corrected chi connectivity index (χ1v) is 12.0. The zero-order valence-corrected chi connectivity index (χ0v) is 19.0. The van der Waals surface area contributed by atoms with Gasteiger partial charge in [-0.05, 0) is 55.2 Å². The highest BCUT2D eigenvalue weighted by atomic mass is 16.5. The number of ether oxygens (including phenoxy) is 1. The van der Waals surface area contributed by atoms with E-state index >= 15 is 0 Å². The Morgan fingerprint density at radius 3 is 2.03 bits per heavy atom. The van der Waals surface area contributed by atoms with Crippen LogP contribution in [0.5, 0.6) is 5.75 Å². The van der Waals surface area contributed by atoms with E-state index in [0.29, 0.717) is 12.2 Å². The number of carbonyl (C=O) groups is 1. The average molecular weight is 410 g/mol. The molecule has 3 nitrogen and oxygen atoms in total. The Labute approximate surface area is 183 Å². The molecule has 0 atom stereocenters. The van der Waals surface area contributed by atoms with Crippen LogP contribution in [0.15, 0.2) is 42.6 Å². The number of hydrogen-bond acceptors (Lipinski definition) is 3. The second kappa shape index (κ2) is 14.8. The minimum Gasteiger partial charge on any atom is -0.427 e. The fourth-order valence-electron chi connectivity index (χ4n) is 3.60. The van der Waals surface area contributed by atoms with Crippen molar-refractivity contribution in [2.75, 3.05) is 0 Å². The van der Waals surface area contributed by atoms with Gasteiger partial charge >= 0.3 is 5.97 Å². The zero-order chi connectivity index (χ0) is 21.4. The number of aromatic nitrogens is 1. The van der Waals surface area contributed by atoms with Gasteiger partial charge in [0.2, 0.25) is 0 Å². The Morgan fingerprint density at radius 2 is 1.40 bits per heavy atom. The highest BCUT2D eigenvalue weighted by Crippen LogP contribution is 2.22. The van der Waals surface area contributed by atoms with Gasteiger partial charge in [-0.2, -0.15) is 0 Å². The van der Waals surface area contributed by atoms with Crippen LogP contribution in [-0.2, 0) is 11.2 Å². The van der Waals surface area contributed by atoms with E-state index in [0.717, 1.165) is 30.5 Å². The molecular formula is C27H39NO2. The van der Waals surface area contributed by atoms with Gasteiger partial charge in [0.1, 0.15) is 5.75 Å². The molecule has 164 valence electrons. The summed E-state index contributed by atoms with van der Waals surface area (Å²) < 4.78 is 5.43. The maximum absolute atomic E-state index is 11.9. The molecule has 0 N–H and O–H groups in total. The summed E-state index contributed by atoms with van der Waals surface area (Å²) in [5.41, 5.74) is 3.30. The molecule has 3 heteroatoms. The molecule has 0 spiro atoms. The van der Waals surface area contributed by atoms with E-state index in [1.807, 2.05) is 30.5 Å². The van der Waals surface area contributed by atoms with Crippen LogP contribution in [0.1, 0.15) is 96.5 Å². The van der Waals surface area contributed by atoms with Gasteiger partial charge in [-0.25, -0.2) is 0 Å². The third kappa shape index (κ3) is 9.56. The topological polar surface area (TPSA) is 39.2 Å². The summed E-state index contributed by atoms with van der Waals surface area (Å²) in [4.78, 5) is 16.5. The first-order valence-electron chi connectivity index (χ1n) is 12.0. The Morgan fingerprint density at radius 1 is 0.767 bits per heavy atom. The highest BCUT2D eigenvalue weighted by Gasteiger charge is 2.06. The van der Waals surface area contributed by atoms with Gasteiger partial charge in [0, 0.05) is 18.2 Å².